The average Bonchev–Trinajstić information content (AvgIpc) is 2.74. The van der Waals surface area contributed by atoms with Crippen LogP contribution < -0.4 is 14.2 Å². The summed E-state index contributed by atoms with van der Waals surface area (Å²) >= 11 is 0. The number of carbonyl (C=O) groups excluding carboxylic acids is 1. The van der Waals surface area contributed by atoms with E-state index in [1.54, 1.807) is 0 Å². The minimum absolute atomic E-state index is 0.0823. The fourth-order valence-electron chi connectivity index (χ4n) is 3.66. The van der Waals surface area contributed by atoms with E-state index in [1.807, 2.05) is 48.5 Å². The number of Topliss-reactive ketones (excluding diaryl/α,β-unsaturated/α-hetero) is 1. The average molecular weight is 367 g/mol. The van der Waals surface area contributed by atoms with Crippen molar-refractivity contribution in [3.05, 3.63) is 54.1 Å². The number of ketones is 1. The maximum Gasteiger partial charge on any atom is 0.166 e. The number of para-hydroxylation sites is 1. The van der Waals surface area contributed by atoms with Gasteiger partial charge in [-0.25, -0.2) is 0 Å². The van der Waals surface area contributed by atoms with Crippen molar-refractivity contribution in [3.63, 3.8) is 0 Å². The molecule has 2 aliphatic rings. The Bertz CT molecular complexity index is 769. The summed E-state index contributed by atoms with van der Waals surface area (Å²) in [6.07, 6.45) is 1.78. The maximum atomic E-state index is 12.9. The van der Waals surface area contributed by atoms with Crippen LogP contribution in [0, 0.1) is 5.92 Å². The second-order valence-electron chi connectivity index (χ2n) is 7.00. The summed E-state index contributed by atoms with van der Waals surface area (Å²) < 4.78 is 16.9. The van der Waals surface area contributed by atoms with Crippen molar-refractivity contribution in [1.82, 2.24) is 4.90 Å². The smallest absolute Gasteiger partial charge is 0.166 e. The monoisotopic (exact) mass is 367 g/mol. The van der Waals surface area contributed by atoms with Crippen LogP contribution >= 0.6 is 0 Å². The van der Waals surface area contributed by atoms with Crippen LogP contribution in [0.5, 0.6) is 17.2 Å². The quantitative estimate of drug-likeness (QED) is 0.732. The second kappa shape index (κ2) is 8.44. The Kier molecular flexibility index (Phi) is 5.58. The molecule has 0 aromatic heterocycles. The maximum absolute atomic E-state index is 12.9. The molecule has 0 radical (unpaired) electrons. The van der Waals surface area contributed by atoms with Gasteiger partial charge >= 0.3 is 0 Å². The van der Waals surface area contributed by atoms with E-state index >= 15 is 0 Å². The molecular formula is C22H25NO4. The Hall–Kier alpha value is -2.53. The van der Waals surface area contributed by atoms with Crippen LogP contribution in [0.4, 0.5) is 0 Å². The lowest BCUT2D eigenvalue weighted by Gasteiger charge is -2.31. The zero-order valence-corrected chi connectivity index (χ0v) is 15.4. The lowest BCUT2D eigenvalue weighted by Crippen LogP contribution is -2.38. The molecule has 2 aromatic carbocycles. The van der Waals surface area contributed by atoms with E-state index in [-0.39, 0.29) is 11.7 Å². The molecule has 5 heteroatoms. The fourth-order valence-corrected chi connectivity index (χ4v) is 3.66. The van der Waals surface area contributed by atoms with Gasteiger partial charge in [0.05, 0.1) is 0 Å². The highest BCUT2D eigenvalue weighted by Gasteiger charge is 2.26. The van der Waals surface area contributed by atoms with Gasteiger partial charge in [-0.05, 0) is 56.3 Å². The Balaban J connectivity index is 1.25. The van der Waals surface area contributed by atoms with Gasteiger partial charge in [0, 0.05) is 18.0 Å². The molecule has 0 spiro atoms. The molecule has 4 rings (SSSR count). The van der Waals surface area contributed by atoms with Crippen molar-refractivity contribution in [1.29, 1.82) is 0 Å². The molecule has 0 amide bonds. The van der Waals surface area contributed by atoms with Gasteiger partial charge in [0.15, 0.2) is 17.3 Å². The van der Waals surface area contributed by atoms with Crippen LogP contribution in [-0.2, 0) is 0 Å². The first-order valence-electron chi connectivity index (χ1n) is 9.64. The summed E-state index contributed by atoms with van der Waals surface area (Å²) in [7, 11) is 0. The first kappa shape index (κ1) is 17.9. The Morgan fingerprint density at radius 3 is 2.52 bits per heavy atom. The molecule has 0 N–H and O–H groups in total. The van der Waals surface area contributed by atoms with Crippen molar-refractivity contribution in [2.45, 2.75) is 12.8 Å². The summed E-state index contributed by atoms with van der Waals surface area (Å²) in [6, 6.07) is 15.4. The number of ether oxygens (including phenoxy) is 3. The Morgan fingerprint density at radius 2 is 1.74 bits per heavy atom. The van der Waals surface area contributed by atoms with Crippen LogP contribution in [0.1, 0.15) is 23.2 Å². The minimum Gasteiger partial charge on any atom is -0.492 e. The molecule has 1 fully saturated rings. The lowest BCUT2D eigenvalue weighted by atomic mass is 9.88. The van der Waals surface area contributed by atoms with Gasteiger partial charge in [-0.15, -0.1) is 0 Å². The topological polar surface area (TPSA) is 48.0 Å². The van der Waals surface area contributed by atoms with Crippen molar-refractivity contribution in [2.75, 3.05) is 39.5 Å². The largest absolute Gasteiger partial charge is 0.492 e. The molecule has 0 unspecified atom stereocenters. The second-order valence-corrected chi connectivity index (χ2v) is 7.00. The van der Waals surface area contributed by atoms with E-state index in [2.05, 4.69) is 4.90 Å². The molecule has 0 atom stereocenters. The number of piperidine rings is 1. The van der Waals surface area contributed by atoms with Crippen LogP contribution in [0.2, 0.25) is 0 Å². The number of hydrogen-bond donors (Lipinski definition) is 0. The van der Waals surface area contributed by atoms with E-state index in [0.29, 0.717) is 25.6 Å². The summed E-state index contributed by atoms with van der Waals surface area (Å²) in [5.41, 5.74) is 0.727. The molecule has 0 bridgehead atoms. The highest BCUT2D eigenvalue weighted by Crippen LogP contribution is 2.32. The molecule has 5 nitrogen and oxygen atoms in total. The van der Waals surface area contributed by atoms with Crippen molar-refractivity contribution >= 4 is 5.78 Å². The van der Waals surface area contributed by atoms with Crippen molar-refractivity contribution in [2.24, 2.45) is 5.92 Å². The van der Waals surface area contributed by atoms with Gasteiger partial charge in [-0.2, -0.15) is 0 Å². The van der Waals surface area contributed by atoms with Crippen molar-refractivity contribution in [3.8, 4) is 17.2 Å². The van der Waals surface area contributed by atoms with Crippen LogP contribution in [0.25, 0.3) is 0 Å². The Labute approximate surface area is 159 Å². The van der Waals surface area contributed by atoms with Crippen LogP contribution in [-0.4, -0.2) is 50.1 Å². The molecule has 0 saturated carbocycles. The summed E-state index contributed by atoms with van der Waals surface area (Å²) in [5, 5.41) is 0. The van der Waals surface area contributed by atoms with E-state index in [0.717, 1.165) is 49.5 Å². The van der Waals surface area contributed by atoms with Gasteiger partial charge in [0.25, 0.3) is 0 Å². The number of rotatable bonds is 6. The molecule has 0 aliphatic carbocycles. The van der Waals surface area contributed by atoms with Gasteiger partial charge in [-0.1, -0.05) is 18.2 Å². The third kappa shape index (κ3) is 4.42. The summed E-state index contributed by atoms with van der Waals surface area (Å²) in [4.78, 5) is 15.2. The molecule has 27 heavy (non-hydrogen) atoms. The summed E-state index contributed by atoms with van der Waals surface area (Å²) in [5.74, 6) is 2.61. The number of fused-ring (bicyclic) bond motifs is 1. The van der Waals surface area contributed by atoms with Crippen LogP contribution in [0.15, 0.2) is 48.5 Å². The highest BCUT2D eigenvalue weighted by atomic mass is 16.6. The number of carbonyl (C=O) groups is 1. The first-order chi connectivity index (χ1) is 13.3. The minimum atomic E-state index is 0.0823. The number of nitrogens with zero attached hydrogens (tertiary/aromatic N) is 1. The number of likely N-dealkylation sites (tertiary alicyclic amines) is 1. The number of benzene rings is 2. The molecule has 2 heterocycles. The van der Waals surface area contributed by atoms with E-state index in [4.69, 9.17) is 14.2 Å². The fraction of sp³-hybridized carbons (Fsp3) is 0.409. The molecule has 2 aromatic rings. The zero-order valence-electron chi connectivity index (χ0n) is 15.4. The molecular weight excluding hydrogens is 342 g/mol. The number of hydrogen-bond acceptors (Lipinski definition) is 5. The third-order valence-corrected chi connectivity index (χ3v) is 5.20. The summed E-state index contributed by atoms with van der Waals surface area (Å²) in [6.45, 7) is 4.52. The van der Waals surface area contributed by atoms with Gasteiger partial charge < -0.3 is 14.2 Å². The first-order valence-corrected chi connectivity index (χ1v) is 9.64. The lowest BCUT2D eigenvalue weighted by molar-refractivity contribution is 0.0826. The highest BCUT2D eigenvalue weighted by molar-refractivity contribution is 5.98. The van der Waals surface area contributed by atoms with Gasteiger partial charge in [-0.3, -0.25) is 9.69 Å². The van der Waals surface area contributed by atoms with Crippen molar-refractivity contribution < 1.29 is 19.0 Å². The van der Waals surface area contributed by atoms with Gasteiger partial charge in [0.1, 0.15) is 25.6 Å². The van der Waals surface area contributed by atoms with E-state index < -0.39 is 0 Å². The van der Waals surface area contributed by atoms with E-state index in [1.165, 1.54) is 0 Å². The molecule has 1 saturated heterocycles. The third-order valence-electron chi connectivity index (χ3n) is 5.20. The zero-order chi connectivity index (χ0) is 18.5. The Morgan fingerprint density at radius 1 is 1.00 bits per heavy atom. The predicted octanol–water partition coefficient (Wildman–Crippen LogP) is 3.43. The normalized spacial score (nSPS) is 17.5. The standard InChI is InChI=1S/C22H25NO4/c24-22(18-6-7-20-21(16-18)27-15-14-26-20)17-8-10-23(11-9-17)12-13-25-19-4-2-1-3-5-19/h1-7,16-17H,8-15H2. The SMILES string of the molecule is O=C(c1ccc2c(c1)OCCO2)C1CCN(CCOc2ccccc2)CC1. The predicted molar refractivity (Wildman–Crippen MR) is 103 cm³/mol. The van der Waals surface area contributed by atoms with Gasteiger partial charge in [0.2, 0.25) is 0 Å². The van der Waals surface area contributed by atoms with E-state index in [9.17, 15) is 4.79 Å². The molecule has 2 aliphatic heterocycles. The van der Waals surface area contributed by atoms with Crippen LogP contribution in [0.3, 0.4) is 0 Å². The molecule has 142 valence electrons.